The summed E-state index contributed by atoms with van der Waals surface area (Å²) < 4.78 is 0. The fraction of sp³-hybridized carbons (Fsp3) is 1.00. The van der Waals surface area contributed by atoms with Gasteiger partial charge in [-0.1, -0.05) is 79.1 Å². The minimum atomic E-state index is 0.232. The summed E-state index contributed by atoms with van der Waals surface area (Å²) in [7, 11) is 0. The summed E-state index contributed by atoms with van der Waals surface area (Å²) in [5.41, 5.74) is 0.672. The van der Waals surface area contributed by atoms with Crippen LogP contribution in [-0.2, 0) is 0 Å². The van der Waals surface area contributed by atoms with Crippen LogP contribution in [0.2, 0.25) is 0 Å². The summed E-state index contributed by atoms with van der Waals surface area (Å²) in [5, 5.41) is 3.72. The van der Waals surface area contributed by atoms with E-state index in [-0.39, 0.29) is 5.54 Å². The van der Waals surface area contributed by atoms with E-state index < -0.39 is 0 Å². The van der Waals surface area contributed by atoms with Crippen LogP contribution in [0.1, 0.15) is 106 Å². The first-order valence-electron chi connectivity index (χ1n) is 9.46. The minimum absolute atomic E-state index is 0.232. The van der Waals surface area contributed by atoms with Crippen molar-refractivity contribution in [2.75, 3.05) is 6.54 Å². The SMILES string of the molecule is CCCCCCCCCCC(C)(CNC(C)(C)C)C(C)C. The van der Waals surface area contributed by atoms with Gasteiger partial charge in [-0.15, -0.1) is 0 Å². The Hall–Kier alpha value is -0.0400. The van der Waals surface area contributed by atoms with Crippen molar-refractivity contribution in [1.29, 1.82) is 0 Å². The van der Waals surface area contributed by atoms with Gasteiger partial charge in [0.2, 0.25) is 0 Å². The van der Waals surface area contributed by atoms with Crippen LogP contribution in [0.3, 0.4) is 0 Å². The predicted molar refractivity (Wildman–Crippen MR) is 97.9 cm³/mol. The Labute approximate surface area is 135 Å². The molecule has 0 bridgehead atoms. The standard InChI is InChI=1S/C20H43N/c1-8-9-10-11-12-13-14-15-16-20(7,18(2)3)17-21-19(4,5)6/h18,21H,8-17H2,1-7H3. The number of hydrogen-bond acceptors (Lipinski definition) is 1. The molecule has 0 saturated carbocycles. The predicted octanol–water partition coefficient (Wildman–Crippen LogP) is 6.57. The molecule has 0 aliphatic carbocycles. The third kappa shape index (κ3) is 11.2. The van der Waals surface area contributed by atoms with E-state index in [0.29, 0.717) is 5.41 Å². The lowest BCUT2D eigenvalue weighted by Gasteiger charge is -2.37. The van der Waals surface area contributed by atoms with Gasteiger partial charge >= 0.3 is 0 Å². The molecule has 0 amide bonds. The number of rotatable bonds is 12. The molecule has 1 unspecified atom stereocenters. The molecule has 1 heteroatoms. The molecular formula is C20H43N. The van der Waals surface area contributed by atoms with Gasteiger partial charge in [0.05, 0.1) is 0 Å². The number of hydrogen-bond donors (Lipinski definition) is 1. The van der Waals surface area contributed by atoms with Crippen molar-refractivity contribution in [3.8, 4) is 0 Å². The Bertz CT molecular complexity index is 239. The molecule has 1 atom stereocenters. The van der Waals surface area contributed by atoms with E-state index in [1.165, 1.54) is 57.8 Å². The molecule has 0 aromatic heterocycles. The summed E-state index contributed by atoms with van der Waals surface area (Å²) in [6, 6.07) is 0. The molecule has 128 valence electrons. The van der Waals surface area contributed by atoms with Crippen molar-refractivity contribution in [3.05, 3.63) is 0 Å². The van der Waals surface area contributed by atoms with E-state index in [9.17, 15) is 0 Å². The second-order valence-corrected chi connectivity index (χ2v) is 8.64. The van der Waals surface area contributed by atoms with Crippen LogP contribution >= 0.6 is 0 Å². The van der Waals surface area contributed by atoms with E-state index in [0.717, 1.165) is 12.5 Å². The second kappa shape index (κ2) is 10.6. The van der Waals surface area contributed by atoms with Gasteiger partial charge in [0.25, 0.3) is 0 Å². The van der Waals surface area contributed by atoms with Gasteiger partial charge in [-0.2, -0.15) is 0 Å². The molecule has 0 aliphatic rings. The summed E-state index contributed by atoms with van der Waals surface area (Å²) in [5.74, 6) is 0.747. The third-order valence-corrected chi connectivity index (χ3v) is 5.02. The fourth-order valence-corrected chi connectivity index (χ4v) is 2.71. The molecule has 0 fully saturated rings. The molecule has 0 rings (SSSR count). The molecule has 0 radical (unpaired) electrons. The van der Waals surface area contributed by atoms with E-state index in [4.69, 9.17) is 0 Å². The Balaban J connectivity index is 3.88. The normalized spacial score (nSPS) is 15.4. The lowest BCUT2D eigenvalue weighted by atomic mass is 9.74. The first kappa shape index (κ1) is 21.0. The van der Waals surface area contributed by atoms with Gasteiger partial charge in [-0.05, 0) is 38.5 Å². The van der Waals surface area contributed by atoms with Crippen LogP contribution in [0, 0.1) is 11.3 Å². The van der Waals surface area contributed by atoms with E-state index in [2.05, 4.69) is 53.8 Å². The molecule has 0 aromatic rings. The van der Waals surface area contributed by atoms with Gasteiger partial charge in [-0.3, -0.25) is 0 Å². The summed E-state index contributed by atoms with van der Waals surface area (Å²) in [6.07, 6.45) is 12.7. The molecule has 1 nitrogen and oxygen atoms in total. The van der Waals surface area contributed by atoms with Gasteiger partial charge in [0.15, 0.2) is 0 Å². The Morgan fingerprint density at radius 3 is 1.67 bits per heavy atom. The van der Waals surface area contributed by atoms with E-state index in [1.807, 2.05) is 0 Å². The number of nitrogens with one attached hydrogen (secondary N) is 1. The largest absolute Gasteiger partial charge is 0.312 e. The van der Waals surface area contributed by atoms with Crippen molar-refractivity contribution >= 4 is 0 Å². The third-order valence-electron chi connectivity index (χ3n) is 5.02. The van der Waals surface area contributed by atoms with Crippen molar-refractivity contribution < 1.29 is 0 Å². The highest BCUT2D eigenvalue weighted by atomic mass is 15.0. The second-order valence-electron chi connectivity index (χ2n) is 8.64. The lowest BCUT2D eigenvalue weighted by Crippen LogP contribution is -2.44. The van der Waals surface area contributed by atoms with Gasteiger partial charge < -0.3 is 5.32 Å². The average Bonchev–Trinajstić information content (AvgIpc) is 2.38. The zero-order chi connectivity index (χ0) is 16.4. The summed E-state index contributed by atoms with van der Waals surface area (Å²) in [6.45, 7) is 17.5. The molecule has 0 aliphatic heterocycles. The lowest BCUT2D eigenvalue weighted by molar-refractivity contribution is 0.168. The van der Waals surface area contributed by atoms with Gasteiger partial charge in [0.1, 0.15) is 0 Å². The topological polar surface area (TPSA) is 12.0 Å². The first-order valence-corrected chi connectivity index (χ1v) is 9.46. The van der Waals surface area contributed by atoms with Crippen LogP contribution in [0.15, 0.2) is 0 Å². The van der Waals surface area contributed by atoms with Crippen molar-refractivity contribution in [1.82, 2.24) is 5.32 Å². The monoisotopic (exact) mass is 297 g/mol. The zero-order valence-corrected chi connectivity index (χ0v) is 16.1. The maximum atomic E-state index is 3.72. The van der Waals surface area contributed by atoms with Gasteiger partial charge in [0, 0.05) is 12.1 Å². The van der Waals surface area contributed by atoms with Crippen molar-refractivity contribution in [3.63, 3.8) is 0 Å². The number of unbranched alkanes of at least 4 members (excludes halogenated alkanes) is 7. The molecule has 21 heavy (non-hydrogen) atoms. The Kier molecular flexibility index (Phi) is 10.6. The van der Waals surface area contributed by atoms with Crippen LogP contribution < -0.4 is 5.32 Å². The van der Waals surface area contributed by atoms with E-state index in [1.54, 1.807) is 0 Å². The van der Waals surface area contributed by atoms with Crippen LogP contribution in [0.5, 0.6) is 0 Å². The Morgan fingerprint density at radius 2 is 1.24 bits per heavy atom. The summed E-state index contributed by atoms with van der Waals surface area (Å²) in [4.78, 5) is 0. The minimum Gasteiger partial charge on any atom is -0.312 e. The maximum absolute atomic E-state index is 3.72. The van der Waals surface area contributed by atoms with Crippen molar-refractivity contribution in [2.24, 2.45) is 11.3 Å². The zero-order valence-electron chi connectivity index (χ0n) is 16.1. The summed E-state index contributed by atoms with van der Waals surface area (Å²) >= 11 is 0. The molecule has 0 heterocycles. The van der Waals surface area contributed by atoms with Crippen LogP contribution in [-0.4, -0.2) is 12.1 Å². The van der Waals surface area contributed by atoms with E-state index >= 15 is 0 Å². The fourth-order valence-electron chi connectivity index (χ4n) is 2.71. The molecule has 0 saturated heterocycles. The maximum Gasteiger partial charge on any atom is 0.00967 e. The Morgan fingerprint density at radius 1 is 0.762 bits per heavy atom. The van der Waals surface area contributed by atoms with Crippen LogP contribution in [0.4, 0.5) is 0 Å². The molecule has 1 N–H and O–H groups in total. The average molecular weight is 298 g/mol. The highest BCUT2D eigenvalue weighted by molar-refractivity contribution is 4.83. The van der Waals surface area contributed by atoms with Crippen LogP contribution in [0.25, 0.3) is 0 Å². The molecule has 0 aromatic carbocycles. The quantitative estimate of drug-likeness (QED) is 0.402. The molecular weight excluding hydrogens is 254 g/mol. The van der Waals surface area contributed by atoms with Crippen molar-refractivity contribution in [2.45, 2.75) is 112 Å². The molecule has 0 spiro atoms. The highest BCUT2D eigenvalue weighted by Crippen LogP contribution is 2.33. The van der Waals surface area contributed by atoms with Gasteiger partial charge in [-0.25, -0.2) is 0 Å². The highest BCUT2D eigenvalue weighted by Gasteiger charge is 2.28. The first-order chi connectivity index (χ1) is 9.71. The smallest absolute Gasteiger partial charge is 0.00967 e.